The zero-order valence-corrected chi connectivity index (χ0v) is 44.5. The Morgan fingerprint density at radius 1 is 0.329 bits per heavy atom. The third-order valence-corrected chi connectivity index (χ3v) is 11.0. The smallest absolute Gasteiger partial charge is 0.306 e. The molecule has 0 aliphatic carbocycles. The van der Waals surface area contributed by atoms with E-state index in [1.165, 1.54) is 32.1 Å². The molecule has 390 valence electrons. The Balaban J connectivity index is 3.66. The summed E-state index contributed by atoms with van der Waals surface area (Å²) in [5.41, 5.74) is 0. The quantitative estimate of drug-likeness (QED) is 0.0374. The third kappa shape index (κ3) is 55.9. The zero-order chi connectivity index (χ0) is 50.6. The van der Waals surface area contributed by atoms with Crippen LogP contribution in [0.3, 0.4) is 0 Å². The van der Waals surface area contributed by atoms with Gasteiger partial charge in [-0.3, -0.25) is 9.59 Å². The Hall–Kier alpha value is -4.74. The van der Waals surface area contributed by atoms with Crippen molar-refractivity contribution in [1.29, 1.82) is 0 Å². The number of aliphatic hydroxyl groups is 1. The first-order chi connectivity index (χ1) is 34.6. The van der Waals surface area contributed by atoms with E-state index >= 15 is 0 Å². The van der Waals surface area contributed by atoms with Gasteiger partial charge in [-0.05, 0) is 128 Å². The van der Waals surface area contributed by atoms with Gasteiger partial charge in [0.15, 0.2) is 6.10 Å². The first-order valence-electron chi connectivity index (χ1n) is 27.7. The highest BCUT2D eigenvalue weighted by Gasteiger charge is 2.16. The van der Waals surface area contributed by atoms with Crippen LogP contribution in [-0.2, 0) is 19.1 Å². The Kier molecular flexibility index (Phi) is 54.6. The predicted octanol–water partition coefficient (Wildman–Crippen LogP) is 19.0. The van der Waals surface area contributed by atoms with Crippen molar-refractivity contribution in [3.05, 3.63) is 170 Å². The fourth-order valence-electron chi connectivity index (χ4n) is 6.93. The van der Waals surface area contributed by atoms with E-state index in [9.17, 15) is 14.7 Å². The van der Waals surface area contributed by atoms with Crippen LogP contribution in [0.15, 0.2) is 170 Å². The largest absolute Gasteiger partial charge is 0.462 e. The summed E-state index contributed by atoms with van der Waals surface area (Å²) in [6.45, 7) is 3.87. The zero-order valence-electron chi connectivity index (χ0n) is 44.5. The highest BCUT2D eigenvalue weighted by Crippen LogP contribution is 2.13. The average molecular weight is 962 g/mol. The molecule has 0 aromatic heterocycles. The lowest BCUT2D eigenvalue weighted by atomic mass is 10.1. The van der Waals surface area contributed by atoms with Crippen molar-refractivity contribution in [1.82, 2.24) is 0 Å². The van der Waals surface area contributed by atoms with Crippen molar-refractivity contribution in [2.45, 2.75) is 213 Å². The summed E-state index contributed by atoms with van der Waals surface area (Å²) in [7, 11) is 0. The molecule has 0 aromatic rings. The molecule has 1 N–H and O–H groups in total. The molecule has 0 heterocycles. The summed E-state index contributed by atoms with van der Waals surface area (Å²) in [4.78, 5) is 24.5. The summed E-state index contributed by atoms with van der Waals surface area (Å²) in [6, 6.07) is 0. The van der Waals surface area contributed by atoms with Crippen LogP contribution in [-0.4, -0.2) is 36.4 Å². The number of rotatable bonds is 48. The van der Waals surface area contributed by atoms with Gasteiger partial charge in [-0.15, -0.1) is 0 Å². The van der Waals surface area contributed by atoms with Crippen LogP contribution < -0.4 is 0 Å². The van der Waals surface area contributed by atoms with E-state index in [1.807, 2.05) is 0 Å². The lowest BCUT2D eigenvalue weighted by molar-refractivity contribution is -0.161. The second-order valence-electron chi connectivity index (χ2n) is 17.5. The molecule has 0 bridgehead atoms. The molecular weight excluding hydrogens is 861 g/mol. The lowest BCUT2D eigenvalue weighted by Crippen LogP contribution is -2.28. The molecule has 5 nitrogen and oxygen atoms in total. The number of allylic oxidation sites excluding steroid dienone is 28. The Labute approximate surface area is 430 Å². The molecule has 0 saturated heterocycles. The number of hydrogen-bond donors (Lipinski definition) is 1. The third-order valence-electron chi connectivity index (χ3n) is 11.0. The van der Waals surface area contributed by atoms with E-state index in [0.717, 1.165) is 148 Å². The van der Waals surface area contributed by atoms with Gasteiger partial charge in [0, 0.05) is 12.8 Å². The maximum absolute atomic E-state index is 12.3. The van der Waals surface area contributed by atoms with E-state index in [4.69, 9.17) is 9.47 Å². The fraction of sp³-hybridized carbons (Fsp3) is 0.538. The molecule has 0 saturated carbocycles. The molecule has 0 aliphatic heterocycles. The van der Waals surface area contributed by atoms with E-state index < -0.39 is 6.10 Å². The summed E-state index contributed by atoms with van der Waals surface area (Å²) in [6.07, 6.45) is 91.6. The number of hydrogen-bond acceptors (Lipinski definition) is 5. The number of aliphatic hydroxyl groups excluding tert-OH is 1. The van der Waals surface area contributed by atoms with Gasteiger partial charge in [-0.1, -0.05) is 235 Å². The number of carbonyl (C=O) groups is 2. The summed E-state index contributed by atoms with van der Waals surface area (Å²) < 4.78 is 10.7. The van der Waals surface area contributed by atoms with Gasteiger partial charge >= 0.3 is 11.9 Å². The molecule has 1 atom stereocenters. The Morgan fingerprint density at radius 3 is 0.857 bits per heavy atom. The van der Waals surface area contributed by atoms with Crippen molar-refractivity contribution in [2.75, 3.05) is 13.2 Å². The minimum atomic E-state index is -0.803. The molecule has 0 aliphatic rings. The molecule has 5 heteroatoms. The molecule has 1 unspecified atom stereocenters. The average Bonchev–Trinajstić information content (AvgIpc) is 3.36. The summed E-state index contributed by atoms with van der Waals surface area (Å²) >= 11 is 0. The van der Waals surface area contributed by atoms with Gasteiger partial charge in [-0.2, -0.15) is 0 Å². The van der Waals surface area contributed by atoms with Gasteiger partial charge < -0.3 is 14.6 Å². The number of carbonyl (C=O) groups excluding carboxylic acids is 2. The number of ether oxygens (including phenoxy) is 2. The van der Waals surface area contributed by atoms with Crippen LogP contribution >= 0.6 is 0 Å². The van der Waals surface area contributed by atoms with Gasteiger partial charge in [0.05, 0.1) is 6.61 Å². The molecular formula is C65H100O5. The lowest BCUT2D eigenvalue weighted by Gasteiger charge is -2.15. The first-order valence-corrected chi connectivity index (χ1v) is 27.7. The standard InChI is InChI=1S/C65H100O5/c1-3-5-7-9-11-13-15-17-19-21-23-25-27-28-29-30-31-32-33-34-35-36-38-40-42-44-46-48-50-52-54-56-58-60-65(68)70-63(61-66)62-69-64(67)59-57-55-53-51-49-47-45-43-41-39-37-26-24-22-20-18-16-14-12-10-8-6-4-2/h5-8,11-14,17-20,23-26,28-29,31-32,34-35,38-41,45,47,63,66H,3-4,9-10,15-16,21-22,27,30,33,36-37,42-44,46,48-62H2,1-2H3/b7-5-,8-6-,13-11-,14-12-,19-17-,20-18-,25-23-,26-24-,29-28-,32-31-,35-34-,40-38-,41-39-,47-45-. The molecule has 0 rings (SSSR count). The minimum absolute atomic E-state index is 0.0949. The van der Waals surface area contributed by atoms with E-state index in [1.54, 1.807) is 0 Å². The molecule has 0 aromatic carbocycles. The highest BCUT2D eigenvalue weighted by molar-refractivity contribution is 5.70. The Morgan fingerprint density at radius 2 is 0.571 bits per heavy atom. The van der Waals surface area contributed by atoms with E-state index in [0.29, 0.717) is 12.8 Å². The van der Waals surface area contributed by atoms with Crippen LogP contribution in [0, 0.1) is 0 Å². The normalized spacial score (nSPS) is 13.6. The summed E-state index contributed by atoms with van der Waals surface area (Å²) in [5, 5.41) is 9.65. The predicted molar refractivity (Wildman–Crippen MR) is 306 cm³/mol. The van der Waals surface area contributed by atoms with Crippen molar-refractivity contribution in [2.24, 2.45) is 0 Å². The Bertz CT molecular complexity index is 1600. The fourth-order valence-corrected chi connectivity index (χ4v) is 6.93. The van der Waals surface area contributed by atoms with Crippen LogP contribution in [0.2, 0.25) is 0 Å². The van der Waals surface area contributed by atoms with Gasteiger partial charge in [-0.25, -0.2) is 0 Å². The van der Waals surface area contributed by atoms with Crippen LogP contribution in [0.25, 0.3) is 0 Å². The first kappa shape index (κ1) is 65.3. The second-order valence-corrected chi connectivity index (χ2v) is 17.5. The van der Waals surface area contributed by atoms with Crippen molar-refractivity contribution in [3.63, 3.8) is 0 Å². The van der Waals surface area contributed by atoms with Crippen LogP contribution in [0.5, 0.6) is 0 Å². The maximum atomic E-state index is 12.3. The number of unbranched alkanes of at least 4 members (excludes halogenated alkanes) is 12. The summed E-state index contributed by atoms with van der Waals surface area (Å²) in [5.74, 6) is -0.644. The molecule has 0 spiro atoms. The van der Waals surface area contributed by atoms with E-state index in [2.05, 4.69) is 184 Å². The van der Waals surface area contributed by atoms with Crippen LogP contribution in [0.4, 0.5) is 0 Å². The molecule has 0 radical (unpaired) electrons. The maximum Gasteiger partial charge on any atom is 0.306 e. The van der Waals surface area contributed by atoms with Gasteiger partial charge in [0.2, 0.25) is 0 Å². The van der Waals surface area contributed by atoms with Gasteiger partial charge in [0.25, 0.3) is 0 Å². The highest BCUT2D eigenvalue weighted by atomic mass is 16.6. The SMILES string of the molecule is CC/C=C\C/C=C\C/C=C\C/C=C\C/C=C\C/C=C\C/C=C\C/C=C\CCCCCCCCCCC(=O)OC(CO)COC(=O)CCCCCC/C=C\C/C=C\C/C=C\C/C=C\C/C=C\C/C=C\CC. The van der Waals surface area contributed by atoms with Crippen molar-refractivity contribution in [3.8, 4) is 0 Å². The van der Waals surface area contributed by atoms with Crippen molar-refractivity contribution >= 4 is 11.9 Å². The number of esters is 2. The minimum Gasteiger partial charge on any atom is -0.462 e. The van der Waals surface area contributed by atoms with Gasteiger partial charge in [0.1, 0.15) is 6.61 Å². The molecule has 0 amide bonds. The molecule has 70 heavy (non-hydrogen) atoms. The monoisotopic (exact) mass is 961 g/mol. The molecule has 0 fully saturated rings. The topological polar surface area (TPSA) is 72.8 Å². The van der Waals surface area contributed by atoms with E-state index in [-0.39, 0.29) is 25.2 Å². The van der Waals surface area contributed by atoms with Crippen molar-refractivity contribution < 1.29 is 24.2 Å². The van der Waals surface area contributed by atoms with Crippen LogP contribution in [0.1, 0.15) is 206 Å². The second kappa shape index (κ2) is 58.6.